The minimum atomic E-state index is -0.393. The molecule has 1 fully saturated rings. The number of para-hydroxylation sites is 1. The second-order valence-corrected chi connectivity index (χ2v) is 6.74. The summed E-state index contributed by atoms with van der Waals surface area (Å²) in [4.78, 5) is 25.2. The fraction of sp³-hybridized carbons (Fsp3) is 0.0556. The van der Waals surface area contributed by atoms with Gasteiger partial charge in [-0.15, -0.1) is 0 Å². The van der Waals surface area contributed by atoms with Crippen molar-refractivity contribution in [1.82, 2.24) is 10.4 Å². The summed E-state index contributed by atoms with van der Waals surface area (Å²) in [6, 6.07) is 16.0. The molecule has 126 valence electrons. The first-order chi connectivity index (χ1) is 12.1. The van der Waals surface area contributed by atoms with Crippen LogP contribution >= 0.6 is 24.0 Å². The lowest BCUT2D eigenvalue weighted by molar-refractivity contribution is -0.123. The van der Waals surface area contributed by atoms with Gasteiger partial charge in [-0.3, -0.25) is 15.0 Å². The Morgan fingerprint density at radius 3 is 2.56 bits per heavy atom. The Kier molecular flexibility index (Phi) is 5.16. The molecule has 0 spiro atoms. The maximum Gasteiger partial charge on any atom is 0.285 e. The molecule has 25 heavy (non-hydrogen) atoms. The van der Waals surface area contributed by atoms with Crippen molar-refractivity contribution in [2.45, 2.75) is 0 Å². The smallest absolute Gasteiger partial charge is 0.285 e. The predicted molar refractivity (Wildman–Crippen MR) is 102 cm³/mol. The minimum Gasteiger partial charge on any atom is -0.496 e. The number of rotatable bonds is 4. The van der Waals surface area contributed by atoms with Gasteiger partial charge >= 0.3 is 0 Å². The molecular formula is C18H14N2O3S2. The van der Waals surface area contributed by atoms with Crippen LogP contribution in [0, 0.1) is 0 Å². The molecule has 1 N–H and O–H groups in total. The summed E-state index contributed by atoms with van der Waals surface area (Å²) in [5.74, 6) is -0.110. The van der Waals surface area contributed by atoms with Gasteiger partial charge in [-0.05, 0) is 36.5 Å². The van der Waals surface area contributed by atoms with E-state index in [2.05, 4.69) is 5.43 Å². The Balaban J connectivity index is 1.81. The van der Waals surface area contributed by atoms with Crippen LogP contribution in [0.3, 0.4) is 0 Å². The van der Waals surface area contributed by atoms with Crippen LogP contribution < -0.4 is 10.2 Å². The van der Waals surface area contributed by atoms with Gasteiger partial charge < -0.3 is 4.74 Å². The van der Waals surface area contributed by atoms with E-state index in [1.54, 1.807) is 37.5 Å². The third-order valence-corrected chi connectivity index (χ3v) is 4.77. The average Bonchev–Trinajstić information content (AvgIpc) is 2.90. The molecule has 3 rings (SSSR count). The van der Waals surface area contributed by atoms with Crippen LogP contribution in [0.25, 0.3) is 6.08 Å². The molecule has 1 aliphatic heterocycles. The lowest BCUT2D eigenvalue weighted by Gasteiger charge is -2.15. The molecule has 1 saturated heterocycles. The lowest BCUT2D eigenvalue weighted by atomic mass is 10.2. The van der Waals surface area contributed by atoms with Gasteiger partial charge in [-0.25, -0.2) is 0 Å². The maximum absolute atomic E-state index is 12.6. The van der Waals surface area contributed by atoms with Gasteiger partial charge in [0.05, 0.1) is 12.0 Å². The summed E-state index contributed by atoms with van der Waals surface area (Å²) in [6.45, 7) is 0. The molecule has 0 aliphatic carbocycles. The van der Waals surface area contributed by atoms with Gasteiger partial charge in [0.2, 0.25) is 0 Å². The second kappa shape index (κ2) is 7.50. The van der Waals surface area contributed by atoms with Crippen LogP contribution in [0.1, 0.15) is 15.9 Å². The van der Waals surface area contributed by atoms with E-state index in [1.165, 1.54) is 0 Å². The summed E-state index contributed by atoms with van der Waals surface area (Å²) >= 11 is 6.35. The number of nitrogens with zero attached hydrogens (tertiary/aromatic N) is 1. The van der Waals surface area contributed by atoms with Crippen LogP contribution in [-0.2, 0) is 4.79 Å². The van der Waals surface area contributed by atoms with E-state index in [4.69, 9.17) is 17.0 Å². The molecule has 2 aromatic carbocycles. The summed E-state index contributed by atoms with van der Waals surface area (Å²) in [7, 11) is 1.57. The van der Waals surface area contributed by atoms with Crippen molar-refractivity contribution in [1.29, 1.82) is 0 Å². The van der Waals surface area contributed by atoms with Crippen molar-refractivity contribution in [2.24, 2.45) is 0 Å². The van der Waals surface area contributed by atoms with E-state index >= 15 is 0 Å². The molecule has 5 nitrogen and oxygen atoms in total. The minimum absolute atomic E-state index is 0.274. The Morgan fingerprint density at radius 1 is 1.16 bits per heavy atom. The molecular weight excluding hydrogens is 356 g/mol. The highest BCUT2D eigenvalue weighted by atomic mass is 32.2. The normalized spacial score (nSPS) is 15.6. The molecule has 0 aromatic heterocycles. The molecule has 0 bridgehead atoms. The maximum atomic E-state index is 12.6. The fourth-order valence-corrected chi connectivity index (χ4v) is 3.42. The quantitative estimate of drug-likeness (QED) is 0.661. The van der Waals surface area contributed by atoms with E-state index in [0.717, 1.165) is 22.3 Å². The Bertz CT molecular complexity index is 866. The van der Waals surface area contributed by atoms with E-state index < -0.39 is 5.91 Å². The van der Waals surface area contributed by atoms with Gasteiger partial charge in [0.25, 0.3) is 11.8 Å². The number of carbonyl (C=O) groups excluding carboxylic acids is 2. The van der Waals surface area contributed by atoms with Crippen molar-refractivity contribution in [3.05, 3.63) is 70.6 Å². The van der Waals surface area contributed by atoms with Gasteiger partial charge in [0, 0.05) is 11.1 Å². The second-order valence-electron chi connectivity index (χ2n) is 5.07. The topological polar surface area (TPSA) is 58.6 Å². The van der Waals surface area contributed by atoms with Crippen molar-refractivity contribution in [2.75, 3.05) is 7.11 Å². The highest BCUT2D eigenvalue weighted by Crippen LogP contribution is 2.33. The standard InChI is InChI=1S/C18H14N2O3S2/c1-23-14-10-6-5-9-13(14)11-15-17(22)20(18(24)25-15)19-16(21)12-7-3-2-4-8-12/h2-11H,1H3,(H,19,21)/b15-11-. The molecule has 0 saturated carbocycles. The Hall–Kier alpha value is -2.64. The number of hydrogen-bond acceptors (Lipinski definition) is 5. The number of ether oxygens (including phenoxy) is 1. The number of carbonyl (C=O) groups is 2. The van der Waals surface area contributed by atoms with Crippen molar-refractivity contribution < 1.29 is 14.3 Å². The SMILES string of the molecule is COc1ccccc1/C=C1\SC(=S)N(NC(=O)c2ccccc2)C1=O. The largest absolute Gasteiger partial charge is 0.496 e. The highest BCUT2D eigenvalue weighted by molar-refractivity contribution is 8.26. The number of thiocarbonyl (C=S) groups is 1. The summed E-state index contributed by atoms with van der Waals surface area (Å²) < 4.78 is 5.56. The molecule has 7 heteroatoms. The van der Waals surface area contributed by atoms with E-state index in [9.17, 15) is 9.59 Å². The van der Waals surface area contributed by atoms with Crippen molar-refractivity contribution in [3.8, 4) is 5.75 Å². The van der Waals surface area contributed by atoms with Crippen molar-refractivity contribution >= 4 is 46.2 Å². The van der Waals surface area contributed by atoms with Crippen LogP contribution in [0.2, 0.25) is 0 Å². The molecule has 0 atom stereocenters. The van der Waals surface area contributed by atoms with E-state index in [-0.39, 0.29) is 10.2 Å². The first kappa shape index (κ1) is 17.2. The van der Waals surface area contributed by atoms with Crippen LogP contribution in [0.15, 0.2) is 59.5 Å². The summed E-state index contributed by atoms with van der Waals surface area (Å²) in [5.41, 5.74) is 3.76. The third-order valence-electron chi connectivity index (χ3n) is 3.47. The Labute approximate surface area is 154 Å². The van der Waals surface area contributed by atoms with Crippen molar-refractivity contribution in [3.63, 3.8) is 0 Å². The fourth-order valence-electron chi connectivity index (χ4n) is 2.25. The summed E-state index contributed by atoms with van der Waals surface area (Å²) in [5, 5.41) is 1.09. The molecule has 2 aromatic rings. The van der Waals surface area contributed by atoms with Crippen LogP contribution in [0.5, 0.6) is 5.75 Å². The monoisotopic (exact) mass is 370 g/mol. The van der Waals surface area contributed by atoms with Gasteiger partial charge in [0.15, 0.2) is 4.32 Å². The van der Waals surface area contributed by atoms with Crippen LogP contribution in [0.4, 0.5) is 0 Å². The predicted octanol–water partition coefficient (Wildman–Crippen LogP) is 3.24. The zero-order valence-corrected chi connectivity index (χ0v) is 14.9. The molecule has 0 unspecified atom stereocenters. The highest BCUT2D eigenvalue weighted by Gasteiger charge is 2.33. The zero-order valence-electron chi connectivity index (χ0n) is 13.3. The third kappa shape index (κ3) is 3.72. The lowest BCUT2D eigenvalue weighted by Crippen LogP contribution is -2.44. The molecule has 0 radical (unpaired) electrons. The first-order valence-electron chi connectivity index (χ1n) is 7.37. The Morgan fingerprint density at radius 2 is 1.84 bits per heavy atom. The number of hydrogen-bond donors (Lipinski definition) is 1. The number of nitrogens with one attached hydrogen (secondary N) is 1. The van der Waals surface area contributed by atoms with Gasteiger partial charge in [-0.2, -0.15) is 5.01 Å². The van der Waals surface area contributed by atoms with Gasteiger partial charge in [0.1, 0.15) is 5.75 Å². The molecule has 2 amide bonds. The van der Waals surface area contributed by atoms with E-state index in [1.807, 2.05) is 30.3 Å². The zero-order chi connectivity index (χ0) is 17.8. The molecule has 1 heterocycles. The number of hydrazine groups is 1. The number of thioether (sulfide) groups is 1. The van der Waals surface area contributed by atoms with Gasteiger partial charge in [-0.1, -0.05) is 48.2 Å². The van der Waals surface area contributed by atoms with E-state index in [0.29, 0.717) is 16.2 Å². The first-order valence-corrected chi connectivity index (χ1v) is 8.59. The summed E-state index contributed by atoms with van der Waals surface area (Å²) in [6.07, 6.45) is 1.70. The molecule has 1 aliphatic rings. The number of amides is 2. The number of benzene rings is 2. The average molecular weight is 370 g/mol. The number of methoxy groups -OCH3 is 1. The van der Waals surface area contributed by atoms with Crippen LogP contribution in [-0.4, -0.2) is 28.3 Å².